The first-order chi connectivity index (χ1) is 24.0. The monoisotopic (exact) mass is 645 g/mol. The average molecular weight is 646 g/mol. The summed E-state index contributed by atoms with van der Waals surface area (Å²) in [6.07, 6.45) is 0. The van der Waals surface area contributed by atoms with Crippen molar-refractivity contribution in [1.29, 1.82) is 0 Å². The van der Waals surface area contributed by atoms with E-state index in [-0.39, 0.29) is 5.41 Å². The maximum Gasteiger partial charge on any atom is 0.160 e. The normalized spacial score (nSPS) is 13.3. The van der Waals surface area contributed by atoms with Gasteiger partial charge in [-0.15, -0.1) is 11.3 Å². The zero-order valence-electron chi connectivity index (χ0n) is 27.2. The Labute approximate surface area is 288 Å². The molecular formula is C45H31N3S. The van der Waals surface area contributed by atoms with Gasteiger partial charge in [-0.2, -0.15) is 0 Å². The van der Waals surface area contributed by atoms with Crippen molar-refractivity contribution in [3.8, 4) is 50.0 Å². The fraction of sp³-hybridized carbons (Fsp3) is 0.0667. The highest BCUT2D eigenvalue weighted by molar-refractivity contribution is 7.22. The third-order valence-corrected chi connectivity index (χ3v) is 11.4. The summed E-state index contributed by atoms with van der Waals surface area (Å²) in [6.45, 7) is 4.66. The molecule has 0 unspecified atom stereocenters. The number of thiophene rings is 1. The smallest absolute Gasteiger partial charge is 0.160 e. The van der Waals surface area contributed by atoms with Gasteiger partial charge < -0.3 is 4.57 Å². The first-order valence-corrected chi connectivity index (χ1v) is 17.6. The molecule has 0 aliphatic heterocycles. The highest BCUT2D eigenvalue weighted by atomic mass is 32.1. The molecule has 0 bridgehead atoms. The Bertz CT molecular complexity index is 2720. The van der Waals surface area contributed by atoms with Crippen molar-refractivity contribution in [3.63, 3.8) is 0 Å². The maximum atomic E-state index is 5.39. The van der Waals surface area contributed by atoms with Crippen LogP contribution in [0.4, 0.5) is 0 Å². The van der Waals surface area contributed by atoms with E-state index in [1.165, 1.54) is 48.6 Å². The number of para-hydroxylation sites is 2. The molecule has 0 spiro atoms. The molecule has 0 saturated heterocycles. The minimum absolute atomic E-state index is 0.0931. The first-order valence-electron chi connectivity index (χ1n) is 16.8. The zero-order chi connectivity index (χ0) is 32.7. The van der Waals surface area contributed by atoms with Crippen LogP contribution >= 0.6 is 11.3 Å². The third kappa shape index (κ3) is 4.27. The highest BCUT2D eigenvalue weighted by Crippen LogP contribution is 2.52. The van der Waals surface area contributed by atoms with E-state index in [4.69, 9.17) is 9.97 Å². The molecule has 1 aliphatic rings. The number of aromatic nitrogens is 3. The van der Waals surface area contributed by atoms with Gasteiger partial charge in [-0.05, 0) is 82.2 Å². The summed E-state index contributed by atoms with van der Waals surface area (Å²) in [5.41, 5.74) is 12.7. The van der Waals surface area contributed by atoms with Crippen LogP contribution in [0.1, 0.15) is 25.0 Å². The van der Waals surface area contributed by atoms with Crippen LogP contribution in [0.25, 0.3) is 81.9 Å². The molecule has 0 amide bonds. The second kappa shape index (κ2) is 10.6. The van der Waals surface area contributed by atoms with Crippen LogP contribution in [0.3, 0.4) is 0 Å². The predicted molar refractivity (Wildman–Crippen MR) is 206 cm³/mol. The molecule has 0 fully saturated rings. The van der Waals surface area contributed by atoms with Crippen LogP contribution < -0.4 is 0 Å². The quantitative estimate of drug-likeness (QED) is 0.191. The molecular weight excluding hydrogens is 615 g/mol. The van der Waals surface area contributed by atoms with Crippen LogP contribution in [0, 0.1) is 0 Å². The molecule has 0 saturated carbocycles. The first kappa shape index (κ1) is 28.2. The summed E-state index contributed by atoms with van der Waals surface area (Å²) in [7, 11) is 0. The van der Waals surface area contributed by atoms with Gasteiger partial charge in [0, 0.05) is 37.7 Å². The van der Waals surface area contributed by atoms with Crippen molar-refractivity contribution in [2.75, 3.05) is 0 Å². The lowest BCUT2D eigenvalue weighted by Gasteiger charge is -2.21. The average Bonchev–Trinajstić information content (AvgIpc) is 3.80. The van der Waals surface area contributed by atoms with E-state index in [1.54, 1.807) is 11.3 Å². The van der Waals surface area contributed by atoms with Crippen LogP contribution in [0.2, 0.25) is 0 Å². The Balaban J connectivity index is 1.23. The van der Waals surface area contributed by atoms with Crippen molar-refractivity contribution in [2.24, 2.45) is 0 Å². The molecule has 3 heterocycles. The van der Waals surface area contributed by atoms with Gasteiger partial charge in [-0.25, -0.2) is 9.97 Å². The van der Waals surface area contributed by atoms with Gasteiger partial charge in [0.25, 0.3) is 0 Å². The molecule has 10 rings (SSSR count). The molecule has 232 valence electrons. The van der Waals surface area contributed by atoms with E-state index < -0.39 is 0 Å². The molecule has 0 N–H and O–H groups in total. The van der Waals surface area contributed by atoms with Crippen molar-refractivity contribution in [1.82, 2.24) is 14.5 Å². The summed E-state index contributed by atoms with van der Waals surface area (Å²) in [4.78, 5) is 11.8. The Morgan fingerprint density at radius 2 is 1.27 bits per heavy atom. The Kier molecular flexibility index (Phi) is 6.09. The van der Waals surface area contributed by atoms with Crippen molar-refractivity contribution in [3.05, 3.63) is 163 Å². The van der Waals surface area contributed by atoms with E-state index in [1.807, 2.05) is 0 Å². The molecule has 0 radical (unpaired) electrons. The lowest BCUT2D eigenvalue weighted by molar-refractivity contribution is 0.660. The van der Waals surface area contributed by atoms with Gasteiger partial charge in [0.2, 0.25) is 0 Å². The van der Waals surface area contributed by atoms with E-state index in [0.29, 0.717) is 0 Å². The van der Waals surface area contributed by atoms with E-state index in [9.17, 15) is 0 Å². The molecule has 4 heteroatoms. The van der Waals surface area contributed by atoms with Gasteiger partial charge in [0.15, 0.2) is 5.82 Å². The summed E-state index contributed by atoms with van der Waals surface area (Å²) in [6, 6.07) is 54.5. The molecule has 1 aliphatic carbocycles. The minimum Gasteiger partial charge on any atom is -0.309 e. The second-order valence-corrected chi connectivity index (χ2v) is 14.5. The van der Waals surface area contributed by atoms with Gasteiger partial charge >= 0.3 is 0 Å². The topological polar surface area (TPSA) is 30.7 Å². The standard InChI is InChI=1S/C45H31N3S/c1-45(2)35-19-9-7-17-32(35)43-33(18-12-20-36(43)45)37-27-38(42-26-28-13-6-11-22-41(28)49-42)47-44(46-37)29-23-24-40-34(25-29)31-16-8-10-21-39(31)48(40)30-14-4-3-5-15-30/h3-27H,1-2H3. The summed E-state index contributed by atoms with van der Waals surface area (Å²) in [5, 5.41) is 3.63. The van der Waals surface area contributed by atoms with Crippen molar-refractivity contribution < 1.29 is 0 Å². The summed E-state index contributed by atoms with van der Waals surface area (Å²) < 4.78 is 3.60. The summed E-state index contributed by atoms with van der Waals surface area (Å²) in [5.74, 6) is 0.728. The molecule has 3 aromatic heterocycles. The van der Waals surface area contributed by atoms with Crippen molar-refractivity contribution >= 4 is 43.2 Å². The molecule has 6 aromatic carbocycles. The highest BCUT2D eigenvalue weighted by Gasteiger charge is 2.36. The molecule has 3 nitrogen and oxygen atoms in total. The van der Waals surface area contributed by atoms with Gasteiger partial charge in [-0.3, -0.25) is 0 Å². The van der Waals surface area contributed by atoms with Gasteiger partial charge in [0.1, 0.15) is 0 Å². The number of hydrogen-bond acceptors (Lipinski definition) is 3. The fourth-order valence-electron chi connectivity index (χ4n) is 7.88. The maximum absolute atomic E-state index is 5.39. The van der Waals surface area contributed by atoms with Crippen LogP contribution in [-0.4, -0.2) is 14.5 Å². The van der Waals surface area contributed by atoms with E-state index >= 15 is 0 Å². The van der Waals surface area contributed by atoms with E-state index in [0.717, 1.165) is 44.4 Å². The second-order valence-electron chi connectivity index (χ2n) is 13.4. The molecule has 49 heavy (non-hydrogen) atoms. The minimum atomic E-state index is -0.0931. The lowest BCUT2D eigenvalue weighted by Crippen LogP contribution is -2.14. The summed E-state index contributed by atoms with van der Waals surface area (Å²) >= 11 is 1.78. The van der Waals surface area contributed by atoms with Crippen molar-refractivity contribution in [2.45, 2.75) is 19.3 Å². The molecule has 0 atom stereocenters. The Hall–Kier alpha value is -5.84. The van der Waals surface area contributed by atoms with Crippen LogP contribution in [0.5, 0.6) is 0 Å². The van der Waals surface area contributed by atoms with Gasteiger partial charge in [-0.1, -0.05) is 111 Å². The van der Waals surface area contributed by atoms with Crippen LogP contribution in [-0.2, 0) is 5.41 Å². The number of hydrogen-bond donors (Lipinski definition) is 0. The third-order valence-electron chi connectivity index (χ3n) is 10.2. The Morgan fingerprint density at radius 1 is 0.551 bits per heavy atom. The van der Waals surface area contributed by atoms with Gasteiger partial charge in [0.05, 0.1) is 27.3 Å². The lowest BCUT2D eigenvalue weighted by atomic mass is 9.82. The number of fused-ring (bicyclic) bond motifs is 7. The SMILES string of the molecule is CC1(C)c2ccccc2-c2c(-c3cc(-c4cc5ccccc5s4)nc(-c4ccc5c(c4)c4ccccc4n5-c4ccccc4)n3)cccc21. The largest absolute Gasteiger partial charge is 0.309 e. The number of benzene rings is 6. The zero-order valence-corrected chi connectivity index (χ0v) is 28.0. The van der Waals surface area contributed by atoms with E-state index in [2.05, 4.69) is 170 Å². The number of nitrogens with zero attached hydrogens (tertiary/aromatic N) is 3. The fourth-order valence-corrected chi connectivity index (χ4v) is 8.91. The van der Waals surface area contributed by atoms with Crippen LogP contribution in [0.15, 0.2) is 152 Å². The molecule has 9 aromatic rings. The number of rotatable bonds is 4. The predicted octanol–water partition coefficient (Wildman–Crippen LogP) is 12.1. The Morgan fingerprint density at radius 3 is 2.16 bits per heavy atom.